The number of carbonyl (C=O) groups is 1. The first-order valence-electron chi connectivity index (χ1n) is 9.08. The van der Waals surface area contributed by atoms with Gasteiger partial charge in [0, 0.05) is 0 Å². The van der Waals surface area contributed by atoms with Crippen molar-refractivity contribution < 1.29 is 9.21 Å². The first-order valence-corrected chi connectivity index (χ1v) is 10.1. The molecule has 0 atom stereocenters. The van der Waals surface area contributed by atoms with E-state index in [9.17, 15) is 4.79 Å². The minimum Gasteiger partial charge on any atom is -0.431 e. The van der Waals surface area contributed by atoms with Crippen molar-refractivity contribution in [3.8, 4) is 0 Å². The Hall–Kier alpha value is -3.05. The van der Waals surface area contributed by atoms with E-state index in [1.807, 2.05) is 85.8 Å². The third kappa shape index (κ3) is 4.26. The van der Waals surface area contributed by atoms with Crippen LogP contribution in [-0.2, 0) is 4.79 Å². The highest BCUT2D eigenvalue weighted by Crippen LogP contribution is 2.25. The molecule has 4 rings (SSSR count). The zero-order valence-corrected chi connectivity index (χ0v) is 16.3. The van der Waals surface area contributed by atoms with Gasteiger partial charge in [-0.2, -0.15) is 0 Å². The van der Waals surface area contributed by atoms with Gasteiger partial charge >= 0.3 is 0 Å². The van der Waals surface area contributed by atoms with Gasteiger partial charge in [0.15, 0.2) is 5.58 Å². The van der Waals surface area contributed by atoms with Crippen LogP contribution in [0.1, 0.15) is 22.7 Å². The number of rotatable bonds is 6. The Bertz CT molecular complexity index is 1040. The van der Waals surface area contributed by atoms with Gasteiger partial charge in [-0.25, -0.2) is 4.98 Å². The molecule has 4 nitrogen and oxygen atoms in total. The summed E-state index contributed by atoms with van der Waals surface area (Å²) < 4.78 is 5.72. The maximum absolute atomic E-state index is 12.6. The van der Waals surface area contributed by atoms with Crippen LogP contribution >= 0.6 is 11.8 Å². The zero-order chi connectivity index (χ0) is 19.3. The molecule has 5 heteroatoms. The lowest BCUT2D eigenvalue weighted by atomic mass is 9.99. The Morgan fingerprint density at radius 2 is 1.64 bits per heavy atom. The summed E-state index contributed by atoms with van der Waals surface area (Å²) in [6.45, 7) is 2.02. The first-order chi connectivity index (χ1) is 13.7. The molecule has 0 spiro atoms. The van der Waals surface area contributed by atoms with Gasteiger partial charge in [-0.05, 0) is 35.7 Å². The van der Waals surface area contributed by atoms with Crippen LogP contribution in [0.2, 0.25) is 0 Å². The maximum Gasteiger partial charge on any atom is 0.257 e. The van der Waals surface area contributed by atoms with Crippen molar-refractivity contribution in [3.63, 3.8) is 0 Å². The Kier molecular flexibility index (Phi) is 5.44. The molecule has 0 aliphatic carbocycles. The molecule has 1 aromatic heterocycles. The lowest BCUT2D eigenvalue weighted by Gasteiger charge is -2.19. The topological polar surface area (TPSA) is 55.1 Å². The molecular weight excluding hydrogens is 368 g/mol. The molecule has 3 aromatic carbocycles. The first kappa shape index (κ1) is 18.3. The van der Waals surface area contributed by atoms with Gasteiger partial charge < -0.3 is 9.73 Å². The number of nitrogens with one attached hydrogen (secondary N) is 1. The minimum atomic E-state index is -0.193. The summed E-state index contributed by atoms with van der Waals surface area (Å²) >= 11 is 1.30. The minimum absolute atomic E-state index is 0.0684. The molecule has 0 aliphatic heterocycles. The Morgan fingerprint density at radius 3 is 2.29 bits per heavy atom. The second-order valence-corrected chi connectivity index (χ2v) is 7.49. The molecule has 0 saturated heterocycles. The Morgan fingerprint density at radius 1 is 1.00 bits per heavy atom. The highest BCUT2D eigenvalue weighted by atomic mass is 32.2. The third-order valence-electron chi connectivity index (χ3n) is 4.42. The largest absolute Gasteiger partial charge is 0.431 e. The molecule has 1 heterocycles. The van der Waals surface area contributed by atoms with Crippen molar-refractivity contribution in [2.45, 2.75) is 18.2 Å². The van der Waals surface area contributed by atoms with Gasteiger partial charge in [-0.3, -0.25) is 4.79 Å². The SMILES string of the molecule is Cc1ccc2oc(SCC(=O)NC(c3ccccc3)c3ccccc3)nc2c1. The van der Waals surface area contributed by atoms with Crippen molar-refractivity contribution >= 4 is 28.8 Å². The fraction of sp³-hybridized carbons (Fsp3) is 0.130. The van der Waals surface area contributed by atoms with Crippen molar-refractivity contribution in [3.05, 3.63) is 95.6 Å². The van der Waals surface area contributed by atoms with Crippen molar-refractivity contribution in [1.29, 1.82) is 0 Å². The fourth-order valence-electron chi connectivity index (χ4n) is 3.06. The molecule has 0 fully saturated rings. The standard InChI is InChI=1S/C23H20N2O2S/c1-16-12-13-20-19(14-16)24-23(27-20)28-15-21(26)25-22(17-8-4-2-5-9-17)18-10-6-3-7-11-18/h2-14,22H,15H2,1H3,(H,25,26). The van der Waals surface area contributed by atoms with Gasteiger partial charge in [-0.1, -0.05) is 78.5 Å². The second kappa shape index (κ2) is 8.31. The van der Waals surface area contributed by atoms with Crippen molar-refractivity contribution in [2.24, 2.45) is 0 Å². The summed E-state index contributed by atoms with van der Waals surface area (Å²) in [5.41, 5.74) is 4.77. The summed E-state index contributed by atoms with van der Waals surface area (Å²) in [6, 6.07) is 25.6. The van der Waals surface area contributed by atoms with Crippen LogP contribution in [0.4, 0.5) is 0 Å². The van der Waals surface area contributed by atoms with E-state index in [-0.39, 0.29) is 17.7 Å². The summed E-state index contributed by atoms with van der Waals surface area (Å²) in [5, 5.41) is 3.64. The average Bonchev–Trinajstić information content (AvgIpc) is 3.14. The smallest absolute Gasteiger partial charge is 0.257 e. The number of aryl methyl sites for hydroxylation is 1. The van der Waals surface area contributed by atoms with Crippen LogP contribution in [-0.4, -0.2) is 16.6 Å². The van der Waals surface area contributed by atoms with E-state index < -0.39 is 0 Å². The van der Waals surface area contributed by atoms with Crippen molar-refractivity contribution in [2.75, 3.05) is 5.75 Å². The quantitative estimate of drug-likeness (QED) is 0.465. The molecule has 140 valence electrons. The van der Waals surface area contributed by atoms with Gasteiger partial charge in [0.25, 0.3) is 5.22 Å². The molecule has 0 bridgehead atoms. The van der Waals surface area contributed by atoms with Gasteiger partial charge in [0.2, 0.25) is 5.91 Å². The predicted molar refractivity (Wildman–Crippen MR) is 112 cm³/mol. The van der Waals surface area contributed by atoms with E-state index in [2.05, 4.69) is 10.3 Å². The van der Waals surface area contributed by atoms with Crippen molar-refractivity contribution in [1.82, 2.24) is 10.3 Å². The van der Waals surface area contributed by atoms with E-state index in [4.69, 9.17) is 4.42 Å². The summed E-state index contributed by atoms with van der Waals surface area (Å²) in [5.74, 6) is 0.170. The molecule has 0 aliphatic rings. The number of hydrogen-bond donors (Lipinski definition) is 1. The van der Waals surface area contributed by atoms with Crippen LogP contribution in [0.25, 0.3) is 11.1 Å². The van der Waals surface area contributed by atoms with Gasteiger partial charge in [0.1, 0.15) is 5.52 Å². The molecular formula is C23H20N2O2S. The number of carbonyl (C=O) groups excluding carboxylic acids is 1. The Balaban J connectivity index is 1.46. The number of fused-ring (bicyclic) bond motifs is 1. The van der Waals surface area contributed by atoms with E-state index in [1.54, 1.807) is 0 Å². The molecule has 4 aromatic rings. The third-order valence-corrected chi connectivity index (χ3v) is 5.25. The van der Waals surface area contributed by atoms with Crippen LogP contribution in [0.5, 0.6) is 0 Å². The number of benzene rings is 3. The van der Waals surface area contributed by atoms with Crippen LogP contribution < -0.4 is 5.32 Å². The summed E-state index contributed by atoms with van der Waals surface area (Å²) in [6.07, 6.45) is 0. The fourth-order valence-corrected chi connectivity index (χ4v) is 3.71. The average molecular weight is 388 g/mol. The normalized spacial score (nSPS) is 11.1. The lowest BCUT2D eigenvalue weighted by molar-refractivity contribution is -0.119. The molecule has 1 amide bonds. The van der Waals surface area contributed by atoms with Crippen LogP contribution in [0.15, 0.2) is 88.5 Å². The molecule has 1 N–H and O–H groups in total. The highest BCUT2D eigenvalue weighted by molar-refractivity contribution is 7.99. The Labute approximate surface area is 168 Å². The number of oxazole rings is 1. The van der Waals surface area contributed by atoms with Gasteiger partial charge in [-0.15, -0.1) is 0 Å². The van der Waals surface area contributed by atoms with E-state index in [0.29, 0.717) is 5.22 Å². The number of aromatic nitrogens is 1. The summed E-state index contributed by atoms with van der Waals surface area (Å²) in [4.78, 5) is 17.1. The molecule has 28 heavy (non-hydrogen) atoms. The predicted octanol–water partition coefficient (Wildman–Crippen LogP) is 5.13. The van der Waals surface area contributed by atoms with E-state index in [0.717, 1.165) is 27.8 Å². The number of amides is 1. The lowest BCUT2D eigenvalue weighted by Crippen LogP contribution is -2.30. The molecule has 0 unspecified atom stereocenters. The monoisotopic (exact) mass is 388 g/mol. The molecule has 0 saturated carbocycles. The number of nitrogens with zero attached hydrogens (tertiary/aromatic N) is 1. The number of thioether (sulfide) groups is 1. The number of hydrogen-bond acceptors (Lipinski definition) is 4. The summed E-state index contributed by atoms with van der Waals surface area (Å²) in [7, 11) is 0. The second-order valence-electron chi connectivity index (χ2n) is 6.56. The maximum atomic E-state index is 12.6. The van der Waals surface area contributed by atoms with E-state index in [1.165, 1.54) is 11.8 Å². The molecule has 0 radical (unpaired) electrons. The zero-order valence-electron chi connectivity index (χ0n) is 15.5. The van der Waals surface area contributed by atoms with Crippen LogP contribution in [0, 0.1) is 6.92 Å². The van der Waals surface area contributed by atoms with Gasteiger partial charge in [0.05, 0.1) is 11.8 Å². The highest BCUT2D eigenvalue weighted by Gasteiger charge is 2.17. The van der Waals surface area contributed by atoms with E-state index >= 15 is 0 Å². The van der Waals surface area contributed by atoms with Crippen LogP contribution in [0.3, 0.4) is 0 Å².